The summed E-state index contributed by atoms with van der Waals surface area (Å²) in [4.78, 5) is 21.7. The maximum atomic E-state index is 10.4. The molecule has 1 heterocycles. The van der Waals surface area contributed by atoms with Crippen LogP contribution in [0.25, 0.3) is 0 Å². The van der Waals surface area contributed by atoms with Crippen LogP contribution < -0.4 is 5.32 Å². The van der Waals surface area contributed by atoms with E-state index in [2.05, 4.69) is 0 Å². The summed E-state index contributed by atoms with van der Waals surface area (Å²) in [6.45, 7) is 0. The first-order chi connectivity index (χ1) is 4.13. The molecule has 1 unspecified atom stereocenters. The number of urea groups is 1. The summed E-state index contributed by atoms with van der Waals surface area (Å²) in [6, 6.07) is -0.562. The number of nitrogens with zero attached hydrogens (tertiary/aromatic N) is 1. The number of hydrogen-bond donors (Lipinski definition) is 2. The van der Waals surface area contributed by atoms with E-state index in [-0.39, 0.29) is 22.4 Å². The summed E-state index contributed by atoms with van der Waals surface area (Å²) in [5.41, 5.74) is 0. The summed E-state index contributed by atoms with van der Waals surface area (Å²) in [5.74, 6) is -0.664. The fourth-order valence-corrected chi connectivity index (χ4v) is 0.545. The molecule has 2 N–H and O–H groups in total. The Hall–Kier alpha value is -0.360. The number of nitrogens with one attached hydrogen (secondary N) is 1. The van der Waals surface area contributed by atoms with Crippen LogP contribution in [-0.4, -0.2) is 35.2 Å². The Morgan fingerprint density at radius 3 is 2.20 bits per heavy atom. The minimum absolute atomic E-state index is 0. The predicted molar refractivity (Wildman–Crippen MR) is 27.3 cm³/mol. The molecular formula is C4H6AuN2O3. The van der Waals surface area contributed by atoms with Gasteiger partial charge in [-0.1, -0.05) is 0 Å². The maximum absolute atomic E-state index is 10.4. The standard InChI is InChI=1S/C4H6N2O3.Au/c1-6-3(8)2(7)5-4(6)9;/h3,8H,1H3,(H,5,7,9);. The first-order valence-electron chi connectivity index (χ1n) is 2.38. The van der Waals surface area contributed by atoms with Gasteiger partial charge >= 0.3 is 6.03 Å². The quantitative estimate of drug-likeness (QED) is 0.420. The number of imide groups is 1. The molecule has 10 heavy (non-hydrogen) atoms. The molecule has 1 rings (SSSR count). The van der Waals surface area contributed by atoms with E-state index in [1.165, 1.54) is 7.05 Å². The van der Waals surface area contributed by atoms with Crippen molar-refractivity contribution in [1.29, 1.82) is 0 Å². The monoisotopic (exact) mass is 327 g/mol. The van der Waals surface area contributed by atoms with E-state index in [0.717, 1.165) is 4.90 Å². The second-order valence-electron chi connectivity index (χ2n) is 1.78. The van der Waals surface area contributed by atoms with Crippen LogP contribution in [0, 0.1) is 0 Å². The van der Waals surface area contributed by atoms with Crippen molar-refractivity contribution in [2.75, 3.05) is 7.05 Å². The largest absolute Gasteiger partial charge is 0.365 e. The van der Waals surface area contributed by atoms with E-state index in [4.69, 9.17) is 5.11 Å². The van der Waals surface area contributed by atoms with Crippen molar-refractivity contribution < 1.29 is 37.1 Å². The minimum atomic E-state index is -1.31. The summed E-state index contributed by atoms with van der Waals surface area (Å²) in [5, 5.41) is 10.6. The molecule has 0 aromatic carbocycles. The van der Waals surface area contributed by atoms with Gasteiger partial charge in [0.25, 0.3) is 5.91 Å². The van der Waals surface area contributed by atoms with Crippen molar-refractivity contribution in [3.63, 3.8) is 0 Å². The van der Waals surface area contributed by atoms with Crippen LogP contribution in [0.3, 0.4) is 0 Å². The Kier molecular flexibility index (Phi) is 3.04. The molecular weight excluding hydrogens is 321 g/mol. The van der Waals surface area contributed by atoms with Crippen molar-refractivity contribution in [3.8, 4) is 0 Å². The Labute approximate surface area is 72.9 Å². The average molecular weight is 327 g/mol. The Bertz CT molecular complexity index is 154. The van der Waals surface area contributed by atoms with Crippen LogP contribution in [0.15, 0.2) is 0 Å². The van der Waals surface area contributed by atoms with Crippen molar-refractivity contribution in [2.45, 2.75) is 6.23 Å². The molecule has 1 radical (unpaired) electrons. The topological polar surface area (TPSA) is 69.6 Å². The molecule has 0 spiro atoms. The third kappa shape index (κ3) is 1.38. The number of amides is 3. The van der Waals surface area contributed by atoms with E-state index in [1.54, 1.807) is 0 Å². The molecule has 61 valence electrons. The van der Waals surface area contributed by atoms with Crippen LogP contribution in [0.5, 0.6) is 0 Å². The summed E-state index contributed by atoms with van der Waals surface area (Å²) >= 11 is 0. The molecule has 3 amide bonds. The van der Waals surface area contributed by atoms with E-state index in [0.29, 0.717) is 0 Å². The van der Waals surface area contributed by atoms with Gasteiger partial charge in [-0.05, 0) is 0 Å². The second-order valence-corrected chi connectivity index (χ2v) is 1.78. The van der Waals surface area contributed by atoms with Gasteiger partial charge in [0.15, 0.2) is 0 Å². The summed E-state index contributed by atoms with van der Waals surface area (Å²) < 4.78 is 0. The van der Waals surface area contributed by atoms with Crippen LogP contribution in [0.2, 0.25) is 0 Å². The molecule has 0 aliphatic carbocycles. The molecule has 1 fully saturated rings. The van der Waals surface area contributed by atoms with Crippen molar-refractivity contribution >= 4 is 11.9 Å². The van der Waals surface area contributed by atoms with Gasteiger partial charge in [0.05, 0.1) is 0 Å². The second kappa shape index (κ2) is 3.16. The Morgan fingerprint density at radius 1 is 1.60 bits per heavy atom. The fourth-order valence-electron chi connectivity index (χ4n) is 0.545. The molecule has 1 saturated heterocycles. The van der Waals surface area contributed by atoms with E-state index in [9.17, 15) is 9.59 Å². The van der Waals surface area contributed by atoms with E-state index < -0.39 is 18.2 Å². The zero-order chi connectivity index (χ0) is 7.02. The number of carbonyl (C=O) groups is 2. The fraction of sp³-hybridized carbons (Fsp3) is 0.500. The van der Waals surface area contributed by atoms with Gasteiger partial charge in [-0.25, -0.2) is 4.79 Å². The van der Waals surface area contributed by atoms with Crippen molar-refractivity contribution in [1.82, 2.24) is 10.2 Å². The molecule has 1 aliphatic heterocycles. The van der Waals surface area contributed by atoms with Gasteiger partial charge < -0.3 is 5.11 Å². The number of rotatable bonds is 0. The minimum Gasteiger partial charge on any atom is -0.365 e. The van der Waals surface area contributed by atoms with Gasteiger partial charge in [0.1, 0.15) is 0 Å². The number of carbonyl (C=O) groups excluding carboxylic acids is 2. The third-order valence-electron chi connectivity index (χ3n) is 1.15. The third-order valence-corrected chi connectivity index (χ3v) is 1.15. The van der Waals surface area contributed by atoms with Gasteiger partial charge in [-0.15, -0.1) is 0 Å². The first kappa shape index (κ1) is 9.64. The molecule has 0 aromatic heterocycles. The molecule has 6 heteroatoms. The Morgan fingerprint density at radius 2 is 2.10 bits per heavy atom. The first-order valence-corrected chi connectivity index (χ1v) is 2.38. The maximum Gasteiger partial charge on any atom is 0.326 e. The molecule has 1 atom stereocenters. The smallest absolute Gasteiger partial charge is 0.326 e. The van der Waals surface area contributed by atoms with Crippen LogP contribution in [0.4, 0.5) is 4.79 Å². The molecule has 0 saturated carbocycles. The SMILES string of the molecule is CN1C(=O)NC(=O)C1O.[Au]. The molecule has 0 aromatic rings. The number of hydrogen-bond acceptors (Lipinski definition) is 3. The van der Waals surface area contributed by atoms with Gasteiger partial charge in [-0.2, -0.15) is 0 Å². The van der Waals surface area contributed by atoms with E-state index >= 15 is 0 Å². The summed E-state index contributed by atoms with van der Waals surface area (Å²) in [6.07, 6.45) is -1.31. The van der Waals surface area contributed by atoms with Gasteiger partial charge in [-0.3, -0.25) is 15.0 Å². The normalized spacial score (nSPS) is 24.2. The predicted octanol–water partition coefficient (Wildman–Crippen LogP) is -1.52. The van der Waals surface area contributed by atoms with Crippen molar-refractivity contribution in [2.24, 2.45) is 0 Å². The Balaban J connectivity index is 0.000000810. The van der Waals surface area contributed by atoms with Crippen LogP contribution in [-0.2, 0) is 27.2 Å². The number of aliphatic hydroxyl groups excluding tert-OH is 1. The van der Waals surface area contributed by atoms with Crippen LogP contribution in [0.1, 0.15) is 0 Å². The average Bonchev–Trinajstić information content (AvgIpc) is 1.98. The van der Waals surface area contributed by atoms with Crippen LogP contribution >= 0.6 is 0 Å². The molecule has 1 aliphatic rings. The number of likely N-dealkylation sites (N-methyl/N-ethyl adjacent to an activating group) is 1. The van der Waals surface area contributed by atoms with E-state index in [1.807, 2.05) is 5.32 Å². The summed E-state index contributed by atoms with van der Waals surface area (Å²) in [7, 11) is 1.34. The van der Waals surface area contributed by atoms with Gasteiger partial charge in [0.2, 0.25) is 6.23 Å². The zero-order valence-corrected chi connectivity index (χ0v) is 7.26. The number of aliphatic hydroxyl groups is 1. The van der Waals surface area contributed by atoms with Crippen molar-refractivity contribution in [3.05, 3.63) is 0 Å². The molecule has 5 nitrogen and oxygen atoms in total. The zero-order valence-electron chi connectivity index (χ0n) is 5.09. The molecule has 0 bridgehead atoms. The van der Waals surface area contributed by atoms with Gasteiger partial charge in [0, 0.05) is 29.4 Å².